The highest BCUT2D eigenvalue weighted by Gasteiger charge is 2.17. The van der Waals surface area contributed by atoms with Crippen LogP contribution in [0.25, 0.3) is 0 Å². The van der Waals surface area contributed by atoms with E-state index >= 15 is 0 Å². The molecule has 1 heterocycles. The largest absolute Gasteiger partial charge is 0.481 e. The average molecular weight is 255 g/mol. The number of rotatable bonds is 3. The lowest BCUT2D eigenvalue weighted by Gasteiger charge is -2.26. The van der Waals surface area contributed by atoms with Gasteiger partial charge in [0.15, 0.2) is 18.2 Å². The first-order valence-electron chi connectivity index (χ1n) is 6.02. The van der Waals surface area contributed by atoms with Crippen molar-refractivity contribution in [1.29, 1.82) is 0 Å². The Bertz CT molecular complexity index is 431. The maximum absolute atomic E-state index is 13.3. The quantitative estimate of drug-likeness (QED) is 0.829. The van der Waals surface area contributed by atoms with Crippen LogP contribution < -0.4 is 4.74 Å². The van der Waals surface area contributed by atoms with Crippen molar-refractivity contribution in [3.63, 3.8) is 0 Å². The van der Waals surface area contributed by atoms with Crippen LogP contribution in [-0.4, -0.2) is 30.5 Å². The highest BCUT2D eigenvalue weighted by atomic mass is 19.1. The van der Waals surface area contributed by atoms with Crippen molar-refractivity contribution >= 4 is 5.91 Å². The monoisotopic (exact) mass is 255 g/mol. The van der Waals surface area contributed by atoms with Gasteiger partial charge in [-0.15, -0.1) is 0 Å². The van der Waals surface area contributed by atoms with Crippen LogP contribution in [0.1, 0.15) is 19.3 Å². The minimum atomic E-state index is -0.790. The van der Waals surface area contributed by atoms with Crippen LogP contribution in [0.5, 0.6) is 5.75 Å². The maximum atomic E-state index is 13.3. The number of likely N-dealkylation sites (tertiary alicyclic amines) is 1. The number of benzene rings is 1. The number of ether oxygens (including phenoxy) is 1. The SMILES string of the molecule is O=C(COc1ccc(F)cc1F)N1CCCCC1. The fourth-order valence-corrected chi connectivity index (χ4v) is 1.97. The predicted molar refractivity (Wildman–Crippen MR) is 62.3 cm³/mol. The molecule has 3 nitrogen and oxygen atoms in total. The van der Waals surface area contributed by atoms with Gasteiger partial charge in [0, 0.05) is 19.2 Å². The molecule has 0 aliphatic carbocycles. The molecule has 1 aromatic rings. The Morgan fingerprint density at radius 3 is 2.61 bits per heavy atom. The Balaban J connectivity index is 1.88. The summed E-state index contributed by atoms with van der Waals surface area (Å²) < 4.78 is 31.0. The molecule has 0 aromatic heterocycles. The molecule has 5 heteroatoms. The number of amides is 1. The zero-order valence-electron chi connectivity index (χ0n) is 9.99. The van der Waals surface area contributed by atoms with Crippen LogP contribution in [0.15, 0.2) is 18.2 Å². The molecule has 1 saturated heterocycles. The normalized spacial score (nSPS) is 15.6. The number of carbonyl (C=O) groups excluding carboxylic acids is 1. The molecule has 1 aliphatic heterocycles. The summed E-state index contributed by atoms with van der Waals surface area (Å²) in [6.07, 6.45) is 3.13. The second-order valence-electron chi connectivity index (χ2n) is 4.30. The Labute approximate surface area is 104 Å². The van der Waals surface area contributed by atoms with E-state index in [0.29, 0.717) is 0 Å². The van der Waals surface area contributed by atoms with E-state index in [1.54, 1.807) is 4.90 Å². The van der Waals surface area contributed by atoms with Crippen LogP contribution >= 0.6 is 0 Å². The van der Waals surface area contributed by atoms with E-state index in [-0.39, 0.29) is 18.3 Å². The molecule has 98 valence electrons. The van der Waals surface area contributed by atoms with Gasteiger partial charge in [-0.1, -0.05) is 0 Å². The first kappa shape index (κ1) is 12.8. The van der Waals surface area contributed by atoms with Crippen LogP contribution in [0.3, 0.4) is 0 Å². The fraction of sp³-hybridized carbons (Fsp3) is 0.462. The zero-order chi connectivity index (χ0) is 13.0. The summed E-state index contributed by atoms with van der Waals surface area (Å²) in [7, 11) is 0. The molecular weight excluding hydrogens is 240 g/mol. The van der Waals surface area contributed by atoms with Gasteiger partial charge in [0.2, 0.25) is 0 Å². The number of halogens is 2. The van der Waals surface area contributed by atoms with E-state index < -0.39 is 11.6 Å². The molecule has 1 amide bonds. The second kappa shape index (κ2) is 5.80. The van der Waals surface area contributed by atoms with Gasteiger partial charge in [-0.3, -0.25) is 4.79 Å². The lowest BCUT2D eigenvalue weighted by molar-refractivity contribution is -0.134. The van der Waals surface area contributed by atoms with Gasteiger partial charge >= 0.3 is 0 Å². The van der Waals surface area contributed by atoms with Gasteiger partial charge in [0.1, 0.15) is 5.82 Å². The zero-order valence-corrected chi connectivity index (χ0v) is 9.99. The topological polar surface area (TPSA) is 29.5 Å². The number of hydrogen-bond acceptors (Lipinski definition) is 2. The van der Waals surface area contributed by atoms with Gasteiger partial charge in [0.05, 0.1) is 0 Å². The lowest BCUT2D eigenvalue weighted by atomic mass is 10.1. The summed E-state index contributed by atoms with van der Waals surface area (Å²) in [5.74, 6) is -1.70. The summed E-state index contributed by atoms with van der Waals surface area (Å²) in [5, 5.41) is 0. The highest BCUT2D eigenvalue weighted by Crippen LogP contribution is 2.18. The standard InChI is InChI=1S/C13H15F2NO2/c14-10-4-5-12(11(15)8-10)18-9-13(17)16-6-2-1-3-7-16/h4-5,8H,1-3,6-7,9H2. The third-order valence-corrected chi connectivity index (χ3v) is 2.95. The minimum Gasteiger partial charge on any atom is -0.481 e. The third-order valence-electron chi connectivity index (χ3n) is 2.95. The first-order valence-corrected chi connectivity index (χ1v) is 6.02. The molecule has 0 radical (unpaired) electrons. The molecular formula is C13H15F2NO2. The van der Waals surface area contributed by atoms with Crippen molar-refractivity contribution in [3.05, 3.63) is 29.8 Å². The molecule has 18 heavy (non-hydrogen) atoms. The van der Waals surface area contributed by atoms with Gasteiger partial charge in [-0.2, -0.15) is 0 Å². The molecule has 0 saturated carbocycles. The van der Waals surface area contributed by atoms with E-state index in [1.807, 2.05) is 0 Å². The van der Waals surface area contributed by atoms with Crippen LogP contribution in [0, 0.1) is 11.6 Å². The first-order chi connectivity index (χ1) is 8.66. The van der Waals surface area contributed by atoms with Gasteiger partial charge in [-0.25, -0.2) is 8.78 Å². The molecule has 2 rings (SSSR count). The maximum Gasteiger partial charge on any atom is 0.260 e. The molecule has 1 fully saturated rings. The summed E-state index contributed by atoms with van der Waals surface area (Å²) >= 11 is 0. The second-order valence-corrected chi connectivity index (χ2v) is 4.30. The average Bonchev–Trinajstić information content (AvgIpc) is 2.38. The van der Waals surface area contributed by atoms with Crippen LogP contribution in [0.2, 0.25) is 0 Å². The molecule has 0 N–H and O–H groups in total. The van der Waals surface area contributed by atoms with E-state index in [0.717, 1.165) is 44.5 Å². The Morgan fingerprint density at radius 2 is 1.94 bits per heavy atom. The van der Waals surface area contributed by atoms with Crippen LogP contribution in [-0.2, 0) is 4.79 Å². The Kier molecular flexibility index (Phi) is 4.12. The van der Waals surface area contributed by atoms with E-state index in [2.05, 4.69) is 0 Å². The van der Waals surface area contributed by atoms with E-state index in [9.17, 15) is 13.6 Å². The number of nitrogens with zero attached hydrogens (tertiary/aromatic N) is 1. The van der Waals surface area contributed by atoms with Crippen molar-refractivity contribution in [2.75, 3.05) is 19.7 Å². The molecule has 1 aliphatic rings. The number of piperidine rings is 1. The van der Waals surface area contributed by atoms with Crippen molar-refractivity contribution in [3.8, 4) is 5.75 Å². The minimum absolute atomic E-state index is 0.0956. The fourth-order valence-electron chi connectivity index (χ4n) is 1.97. The van der Waals surface area contributed by atoms with Crippen molar-refractivity contribution in [2.45, 2.75) is 19.3 Å². The van der Waals surface area contributed by atoms with Crippen molar-refractivity contribution in [1.82, 2.24) is 4.90 Å². The predicted octanol–water partition coefficient (Wildman–Crippen LogP) is 2.36. The molecule has 0 spiro atoms. The summed E-state index contributed by atoms with van der Waals surface area (Å²) in [6, 6.07) is 3.03. The Morgan fingerprint density at radius 1 is 1.22 bits per heavy atom. The van der Waals surface area contributed by atoms with Crippen LogP contribution in [0.4, 0.5) is 8.78 Å². The lowest BCUT2D eigenvalue weighted by Crippen LogP contribution is -2.38. The molecule has 0 bridgehead atoms. The van der Waals surface area contributed by atoms with Gasteiger partial charge < -0.3 is 9.64 Å². The van der Waals surface area contributed by atoms with Crippen molar-refractivity contribution in [2.24, 2.45) is 0 Å². The van der Waals surface area contributed by atoms with E-state index in [1.165, 1.54) is 6.07 Å². The van der Waals surface area contributed by atoms with Gasteiger partial charge in [0.25, 0.3) is 5.91 Å². The highest BCUT2D eigenvalue weighted by molar-refractivity contribution is 5.77. The number of carbonyl (C=O) groups is 1. The van der Waals surface area contributed by atoms with Crippen molar-refractivity contribution < 1.29 is 18.3 Å². The van der Waals surface area contributed by atoms with E-state index in [4.69, 9.17) is 4.74 Å². The molecule has 1 aromatic carbocycles. The molecule has 0 atom stereocenters. The smallest absolute Gasteiger partial charge is 0.260 e. The summed E-state index contributed by atoms with van der Waals surface area (Å²) in [5.41, 5.74) is 0. The number of hydrogen-bond donors (Lipinski definition) is 0. The summed E-state index contributed by atoms with van der Waals surface area (Å²) in [4.78, 5) is 13.5. The summed E-state index contributed by atoms with van der Waals surface area (Å²) in [6.45, 7) is 1.25. The third kappa shape index (κ3) is 3.18. The molecule has 0 unspecified atom stereocenters. The Hall–Kier alpha value is -1.65. The van der Waals surface area contributed by atoms with Gasteiger partial charge in [-0.05, 0) is 31.4 Å².